The Bertz CT molecular complexity index is 1220. The lowest BCUT2D eigenvalue weighted by Crippen LogP contribution is -2.40. The lowest BCUT2D eigenvalue weighted by atomic mass is 9.99. The maximum Gasteiger partial charge on any atom is 0.254 e. The summed E-state index contributed by atoms with van der Waals surface area (Å²) < 4.78 is 0. The van der Waals surface area contributed by atoms with Crippen molar-refractivity contribution in [3.8, 4) is 11.1 Å². The van der Waals surface area contributed by atoms with E-state index in [4.69, 9.17) is 4.84 Å². The van der Waals surface area contributed by atoms with E-state index in [1.165, 1.54) is 12.7 Å². The fourth-order valence-electron chi connectivity index (χ4n) is 4.63. The topological polar surface area (TPSA) is 91.2 Å². The predicted molar refractivity (Wildman–Crippen MR) is 140 cm³/mol. The fourth-order valence-corrected chi connectivity index (χ4v) is 4.63. The minimum atomic E-state index is -0.509. The van der Waals surface area contributed by atoms with E-state index >= 15 is 0 Å². The smallest absolute Gasteiger partial charge is 0.254 e. The molecule has 0 radical (unpaired) electrons. The van der Waals surface area contributed by atoms with E-state index < -0.39 is 6.04 Å². The number of nitrogens with zero attached hydrogens (tertiary/aromatic N) is 2. The number of carbonyl (C=O) groups is 2. The van der Waals surface area contributed by atoms with E-state index in [1.807, 2.05) is 66.7 Å². The van der Waals surface area contributed by atoms with Gasteiger partial charge in [-0.15, -0.1) is 0 Å². The third kappa shape index (κ3) is 5.80. The Morgan fingerprint density at radius 2 is 1.75 bits per heavy atom. The summed E-state index contributed by atoms with van der Waals surface area (Å²) >= 11 is 0. The molecule has 7 heteroatoms. The van der Waals surface area contributed by atoms with Crippen LogP contribution in [-0.2, 0) is 9.63 Å². The molecule has 3 aromatic rings. The van der Waals surface area contributed by atoms with Gasteiger partial charge in [0.15, 0.2) is 0 Å². The fraction of sp³-hybridized carbons (Fsp3) is 0.276. The second-order valence-corrected chi connectivity index (χ2v) is 8.94. The van der Waals surface area contributed by atoms with Crippen molar-refractivity contribution in [2.24, 2.45) is 5.16 Å². The van der Waals surface area contributed by atoms with Crippen molar-refractivity contribution in [3.05, 3.63) is 95.6 Å². The van der Waals surface area contributed by atoms with Crippen LogP contribution in [0, 0.1) is 6.92 Å². The third-order valence-corrected chi connectivity index (χ3v) is 6.47. The molecule has 2 atom stereocenters. The molecule has 3 aromatic carbocycles. The van der Waals surface area contributed by atoms with Gasteiger partial charge in [0.25, 0.3) is 5.91 Å². The maximum absolute atomic E-state index is 13.5. The summed E-state index contributed by atoms with van der Waals surface area (Å²) in [7, 11) is 1.47. The first-order chi connectivity index (χ1) is 17.5. The summed E-state index contributed by atoms with van der Waals surface area (Å²) in [5, 5.41) is 16.7. The molecule has 0 spiro atoms. The molecule has 1 saturated heterocycles. The molecule has 4 rings (SSSR count). The highest BCUT2D eigenvalue weighted by molar-refractivity contribution is 6.01. The molecule has 1 aliphatic heterocycles. The Labute approximate surface area is 211 Å². The van der Waals surface area contributed by atoms with Gasteiger partial charge in [0.1, 0.15) is 7.11 Å². The molecule has 36 heavy (non-hydrogen) atoms. The van der Waals surface area contributed by atoms with Crippen LogP contribution in [0.4, 0.5) is 0 Å². The molecule has 0 bridgehead atoms. The average molecular weight is 486 g/mol. The summed E-state index contributed by atoms with van der Waals surface area (Å²) in [6.07, 6.45) is 0.544. The zero-order chi connectivity index (χ0) is 25.5. The van der Waals surface area contributed by atoms with Crippen molar-refractivity contribution in [2.75, 3.05) is 20.3 Å². The molecular weight excluding hydrogens is 454 g/mol. The minimum Gasteiger partial charge on any atom is -0.399 e. The number of hydrogen-bond donors (Lipinski definition) is 2. The van der Waals surface area contributed by atoms with Gasteiger partial charge < -0.3 is 20.2 Å². The molecule has 2 amide bonds. The van der Waals surface area contributed by atoms with Gasteiger partial charge >= 0.3 is 0 Å². The van der Waals surface area contributed by atoms with Crippen LogP contribution in [0.3, 0.4) is 0 Å². The molecule has 0 saturated carbocycles. The van der Waals surface area contributed by atoms with Crippen LogP contribution in [0.2, 0.25) is 0 Å². The Hall–Kier alpha value is -3.97. The number of likely N-dealkylation sites (tertiary alicyclic amines) is 1. The van der Waals surface area contributed by atoms with Crippen molar-refractivity contribution in [1.29, 1.82) is 0 Å². The molecule has 2 N–H and O–H groups in total. The van der Waals surface area contributed by atoms with E-state index in [-0.39, 0.29) is 30.9 Å². The highest BCUT2D eigenvalue weighted by Crippen LogP contribution is 2.26. The summed E-state index contributed by atoms with van der Waals surface area (Å²) in [4.78, 5) is 33.0. The van der Waals surface area contributed by atoms with Crippen LogP contribution in [0.1, 0.15) is 40.4 Å². The molecule has 0 aliphatic carbocycles. The van der Waals surface area contributed by atoms with Crippen molar-refractivity contribution >= 4 is 17.5 Å². The monoisotopic (exact) mass is 485 g/mol. The molecule has 1 fully saturated rings. The average Bonchev–Trinajstić information content (AvgIpc) is 3.30. The first kappa shape index (κ1) is 25.1. The summed E-state index contributed by atoms with van der Waals surface area (Å²) in [5.74, 6) is -0.401. The van der Waals surface area contributed by atoms with E-state index in [1.54, 1.807) is 4.90 Å². The summed E-state index contributed by atoms with van der Waals surface area (Å²) in [5.41, 5.74) is 5.41. The quantitative estimate of drug-likeness (QED) is 0.470. The van der Waals surface area contributed by atoms with Crippen molar-refractivity contribution in [3.63, 3.8) is 0 Å². The van der Waals surface area contributed by atoms with E-state index in [0.717, 1.165) is 16.7 Å². The minimum absolute atomic E-state index is 0.0963. The molecule has 1 aliphatic rings. The SMILES string of the molecule is CON=C1C[C@@H](CC(=O)N[C@@H](CO)c2ccccc2)N(C(=O)c2ccc(-c3ccccc3C)cc2)C1. The summed E-state index contributed by atoms with van der Waals surface area (Å²) in [6, 6.07) is 24.1. The first-order valence-electron chi connectivity index (χ1n) is 12.0. The van der Waals surface area contributed by atoms with Gasteiger partial charge in [-0.05, 0) is 41.3 Å². The van der Waals surface area contributed by atoms with E-state index in [2.05, 4.69) is 29.5 Å². The zero-order valence-corrected chi connectivity index (χ0v) is 20.6. The normalized spacial score (nSPS) is 17.1. The molecular formula is C29H31N3O4. The second-order valence-electron chi connectivity index (χ2n) is 8.94. The Balaban J connectivity index is 1.49. The number of aryl methyl sites for hydroxylation is 1. The van der Waals surface area contributed by atoms with Crippen molar-refractivity contribution < 1.29 is 19.5 Å². The lowest BCUT2D eigenvalue weighted by Gasteiger charge is -2.25. The van der Waals surface area contributed by atoms with Crippen LogP contribution >= 0.6 is 0 Å². The zero-order valence-electron chi connectivity index (χ0n) is 20.6. The predicted octanol–water partition coefficient (Wildman–Crippen LogP) is 4.12. The number of aliphatic hydroxyl groups is 1. The van der Waals surface area contributed by atoms with Gasteiger partial charge in [-0.3, -0.25) is 9.59 Å². The van der Waals surface area contributed by atoms with E-state index in [9.17, 15) is 14.7 Å². The third-order valence-electron chi connectivity index (χ3n) is 6.47. The number of benzene rings is 3. The van der Waals surface area contributed by atoms with Crippen molar-refractivity contribution in [2.45, 2.75) is 31.8 Å². The Kier molecular flexibility index (Phi) is 8.13. The molecule has 7 nitrogen and oxygen atoms in total. The van der Waals surface area contributed by atoms with Gasteiger partial charge in [-0.2, -0.15) is 0 Å². The van der Waals surface area contributed by atoms with Crippen LogP contribution in [0.15, 0.2) is 84.0 Å². The highest BCUT2D eigenvalue weighted by atomic mass is 16.6. The lowest BCUT2D eigenvalue weighted by molar-refractivity contribution is -0.123. The number of rotatable bonds is 8. The molecule has 0 aromatic heterocycles. The van der Waals surface area contributed by atoms with Crippen LogP contribution in [0.5, 0.6) is 0 Å². The number of hydrogen-bond acceptors (Lipinski definition) is 5. The van der Waals surface area contributed by atoms with Crippen LogP contribution in [0.25, 0.3) is 11.1 Å². The molecule has 186 valence electrons. The second kappa shape index (κ2) is 11.6. The standard InChI is InChI=1S/C29H31N3O4/c1-20-8-6-7-11-26(20)21-12-14-23(15-13-21)29(35)32-18-24(31-36-2)16-25(32)17-28(34)30-27(19-33)22-9-4-3-5-10-22/h3-15,25,27,33H,16-19H2,1-2H3,(H,30,34)/t25-,27-/m0/s1. The highest BCUT2D eigenvalue weighted by Gasteiger charge is 2.35. The maximum atomic E-state index is 13.5. The largest absolute Gasteiger partial charge is 0.399 e. The molecule has 0 unspecified atom stereocenters. The van der Waals surface area contributed by atoms with Crippen molar-refractivity contribution in [1.82, 2.24) is 10.2 Å². The van der Waals surface area contributed by atoms with Gasteiger partial charge in [-0.1, -0.05) is 71.9 Å². The van der Waals surface area contributed by atoms with Gasteiger partial charge in [0.05, 0.1) is 24.9 Å². The number of nitrogens with one attached hydrogen (secondary N) is 1. The number of carbonyl (C=O) groups excluding carboxylic acids is 2. The first-order valence-corrected chi connectivity index (χ1v) is 12.0. The Morgan fingerprint density at radius 3 is 2.42 bits per heavy atom. The molecule has 1 heterocycles. The summed E-state index contributed by atoms with van der Waals surface area (Å²) in [6.45, 7) is 2.14. The van der Waals surface area contributed by atoms with Gasteiger partial charge in [0, 0.05) is 24.4 Å². The number of aliphatic hydroxyl groups excluding tert-OH is 1. The van der Waals surface area contributed by atoms with Gasteiger partial charge in [-0.25, -0.2) is 0 Å². The van der Waals surface area contributed by atoms with Crippen LogP contribution in [-0.4, -0.2) is 53.8 Å². The van der Waals surface area contributed by atoms with Gasteiger partial charge in [0.2, 0.25) is 5.91 Å². The number of amides is 2. The Morgan fingerprint density at radius 1 is 1.06 bits per heavy atom. The number of oxime groups is 1. The van der Waals surface area contributed by atoms with Crippen LogP contribution < -0.4 is 5.32 Å². The van der Waals surface area contributed by atoms with E-state index in [0.29, 0.717) is 24.2 Å².